The number of halogens is 1. The summed E-state index contributed by atoms with van der Waals surface area (Å²) in [5, 5.41) is 11.0. The van der Waals surface area contributed by atoms with Crippen molar-refractivity contribution in [2.45, 2.75) is 44.9 Å². The van der Waals surface area contributed by atoms with Crippen LogP contribution in [0.1, 0.15) is 38.4 Å². The molecule has 4 nitrogen and oxygen atoms in total. The summed E-state index contributed by atoms with van der Waals surface area (Å²) < 4.78 is 21.1. The smallest absolute Gasteiger partial charge is 0.309 e. The summed E-state index contributed by atoms with van der Waals surface area (Å²) in [6.07, 6.45) is 3.06. The van der Waals surface area contributed by atoms with E-state index in [1.54, 1.807) is 12.1 Å². The lowest BCUT2D eigenvalue weighted by Crippen LogP contribution is -2.31. The van der Waals surface area contributed by atoms with E-state index in [-0.39, 0.29) is 24.2 Å². The van der Waals surface area contributed by atoms with Gasteiger partial charge in [0.25, 0.3) is 0 Å². The highest BCUT2D eigenvalue weighted by atomic mass is 19.1. The number of carbonyl (C=O) groups excluding carboxylic acids is 1. The fraction of sp³-hybridized carbons (Fsp3) is 0.292. The van der Waals surface area contributed by atoms with Crippen LogP contribution >= 0.6 is 0 Å². The van der Waals surface area contributed by atoms with E-state index in [2.05, 4.69) is 30.5 Å². The van der Waals surface area contributed by atoms with Crippen LogP contribution in [0, 0.1) is 5.82 Å². The van der Waals surface area contributed by atoms with E-state index < -0.39 is 12.2 Å². The number of cyclic esters (lactones) is 1. The molecule has 4 rings (SSSR count). The van der Waals surface area contributed by atoms with Crippen LogP contribution in [0.15, 0.2) is 54.6 Å². The highest BCUT2D eigenvalue weighted by Crippen LogP contribution is 2.38. The van der Waals surface area contributed by atoms with Crippen LogP contribution in [0.2, 0.25) is 0 Å². The Hall–Kier alpha value is -2.92. The Balaban J connectivity index is 1.88. The first-order valence-corrected chi connectivity index (χ1v) is 9.88. The third-order valence-corrected chi connectivity index (χ3v) is 5.26. The van der Waals surface area contributed by atoms with Gasteiger partial charge in [0.2, 0.25) is 0 Å². The van der Waals surface area contributed by atoms with Gasteiger partial charge in [-0.3, -0.25) is 4.79 Å². The normalized spacial score (nSPS) is 20.0. The number of aliphatic hydroxyl groups is 1. The highest BCUT2D eigenvalue weighted by Gasteiger charge is 2.26. The molecule has 2 atom stereocenters. The predicted octanol–water partition coefficient (Wildman–Crippen LogP) is 5.11. The molecule has 1 saturated heterocycles. The molecule has 2 aromatic carbocycles. The van der Waals surface area contributed by atoms with Gasteiger partial charge in [0, 0.05) is 34.6 Å². The van der Waals surface area contributed by atoms with E-state index in [4.69, 9.17) is 4.74 Å². The SMILES string of the molecule is CC(C)n1c(C=CC2C[C@@H](O)CC(=O)O2)c(-c2ccc(F)cc2)c2ccccc21. The molecule has 2 heterocycles. The van der Waals surface area contributed by atoms with E-state index in [9.17, 15) is 14.3 Å². The summed E-state index contributed by atoms with van der Waals surface area (Å²) in [4.78, 5) is 11.7. The third-order valence-electron chi connectivity index (χ3n) is 5.26. The number of ether oxygens (including phenoxy) is 1. The molecule has 0 radical (unpaired) electrons. The second-order valence-electron chi connectivity index (χ2n) is 7.73. The van der Waals surface area contributed by atoms with Crippen molar-refractivity contribution < 1.29 is 19.0 Å². The summed E-state index contributed by atoms with van der Waals surface area (Å²) >= 11 is 0. The van der Waals surface area contributed by atoms with Crippen LogP contribution in [-0.2, 0) is 9.53 Å². The van der Waals surface area contributed by atoms with Gasteiger partial charge in [0.15, 0.2) is 0 Å². The van der Waals surface area contributed by atoms with Crippen molar-refractivity contribution in [3.8, 4) is 11.1 Å². The summed E-state index contributed by atoms with van der Waals surface area (Å²) in [7, 11) is 0. The molecule has 0 bridgehead atoms. The molecule has 1 N–H and O–H groups in total. The van der Waals surface area contributed by atoms with Crippen LogP contribution in [0.25, 0.3) is 28.1 Å². The van der Waals surface area contributed by atoms with Gasteiger partial charge in [-0.2, -0.15) is 0 Å². The van der Waals surface area contributed by atoms with Crippen molar-refractivity contribution in [2.75, 3.05) is 0 Å². The number of hydrogen-bond donors (Lipinski definition) is 1. The summed E-state index contributed by atoms with van der Waals surface area (Å²) in [6, 6.07) is 14.8. The number of para-hydroxylation sites is 1. The Morgan fingerprint density at radius 2 is 1.90 bits per heavy atom. The van der Waals surface area contributed by atoms with Crippen LogP contribution < -0.4 is 0 Å². The molecule has 0 saturated carbocycles. The zero-order valence-corrected chi connectivity index (χ0v) is 16.5. The first kappa shape index (κ1) is 19.4. The highest BCUT2D eigenvalue weighted by molar-refractivity contribution is 6.01. The van der Waals surface area contributed by atoms with Crippen molar-refractivity contribution in [1.29, 1.82) is 0 Å². The van der Waals surface area contributed by atoms with Crippen LogP contribution in [0.4, 0.5) is 4.39 Å². The van der Waals surface area contributed by atoms with Gasteiger partial charge in [0.1, 0.15) is 11.9 Å². The fourth-order valence-corrected chi connectivity index (χ4v) is 4.05. The predicted molar refractivity (Wildman–Crippen MR) is 112 cm³/mol. The summed E-state index contributed by atoms with van der Waals surface area (Å²) in [5.74, 6) is -0.664. The standard InChI is InChI=1S/C24H24FNO3/c1-15(2)26-21-6-4-3-5-20(21)24(16-7-9-17(25)10-8-16)22(26)12-11-19-13-18(27)14-23(28)29-19/h3-12,15,18-19,27H,13-14H2,1-2H3/t18-,19?/m1/s1. The maximum atomic E-state index is 13.5. The Bertz CT molecular complexity index is 1070. The lowest BCUT2D eigenvalue weighted by molar-refractivity contribution is -0.156. The molecule has 150 valence electrons. The van der Waals surface area contributed by atoms with E-state index in [0.717, 1.165) is 27.7 Å². The number of esters is 1. The zero-order chi connectivity index (χ0) is 20.5. The molecule has 0 aliphatic carbocycles. The Kier molecular flexibility index (Phi) is 5.24. The number of carbonyl (C=O) groups is 1. The fourth-order valence-electron chi connectivity index (χ4n) is 4.05. The maximum absolute atomic E-state index is 13.5. The number of benzene rings is 2. The Labute approximate surface area is 169 Å². The number of rotatable bonds is 4. The van der Waals surface area contributed by atoms with Crippen LogP contribution in [-0.4, -0.2) is 27.9 Å². The minimum atomic E-state index is -0.682. The van der Waals surface area contributed by atoms with E-state index in [1.807, 2.05) is 24.3 Å². The molecule has 0 amide bonds. The van der Waals surface area contributed by atoms with Crippen LogP contribution in [0.5, 0.6) is 0 Å². The number of aromatic nitrogens is 1. The zero-order valence-electron chi connectivity index (χ0n) is 16.5. The molecule has 1 unspecified atom stereocenters. The summed E-state index contributed by atoms with van der Waals surface area (Å²) in [6.45, 7) is 4.23. The van der Waals surface area contributed by atoms with Crippen molar-refractivity contribution >= 4 is 22.9 Å². The molecular weight excluding hydrogens is 369 g/mol. The molecular formula is C24H24FNO3. The third kappa shape index (κ3) is 3.83. The van der Waals surface area contributed by atoms with Crippen molar-refractivity contribution in [2.24, 2.45) is 0 Å². The van der Waals surface area contributed by atoms with Crippen molar-refractivity contribution in [3.05, 3.63) is 66.1 Å². The molecule has 1 aliphatic heterocycles. The van der Waals surface area contributed by atoms with Gasteiger partial charge in [-0.15, -0.1) is 0 Å². The molecule has 3 aromatic rings. The Morgan fingerprint density at radius 3 is 2.59 bits per heavy atom. The van der Waals surface area contributed by atoms with Gasteiger partial charge >= 0.3 is 5.97 Å². The van der Waals surface area contributed by atoms with Gasteiger partial charge in [-0.25, -0.2) is 4.39 Å². The molecule has 5 heteroatoms. The molecule has 0 spiro atoms. The lowest BCUT2D eigenvalue weighted by Gasteiger charge is -2.23. The van der Waals surface area contributed by atoms with Crippen molar-refractivity contribution in [1.82, 2.24) is 4.57 Å². The number of fused-ring (bicyclic) bond motifs is 1. The van der Waals surface area contributed by atoms with Gasteiger partial charge in [-0.1, -0.05) is 30.3 Å². The van der Waals surface area contributed by atoms with Crippen LogP contribution in [0.3, 0.4) is 0 Å². The maximum Gasteiger partial charge on any atom is 0.309 e. The minimum Gasteiger partial charge on any atom is -0.458 e. The largest absolute Gasteiger partial charge is 0.458 e. The van der Waals surface area contributed by atoms with Gasteiger partial charge in [-0.05, 0) is 49.8 Å². The first-order valence-electron chi connectivity index (χ1n) is 9.88. The Morgan fingerprint density at radius 1 is 1.17 bits per heavy atom. The van der Waals surface area contributed by atoms with E-state index in [0.29, 0.717) is 6.42 Å². The topological polar surface area (TPSA) is 51.5 Å². The van der Waals surface area contributed by atoms with E-state index >= 15 is 0 Å². The number of hydrogen-bond acceptors (Lipinski definition) is 3. The molecule has 29 heavy (non-hydrogen) atoms. The lowest BCUT2D eigenvalue weighted by atomic mass is 10.0. The first-order chi connectivity index (χ1) is 13.9. The van der Waals surface area contributed by atoms with E-state index in [1.165, 1.54) is 12.1 Å². The molecule has 1 aromatic heterocycles. The quantitative estimate of drug-likeness (QED) is 0.627. The average molecular weight is 393 g/mol. The second-order valence-corrected chi connectivity index (χ2v) is 7.73. The summed E-state index contributed by atoms with van der Waals surface area (Å²) in [5.41, 5.74) is 3.97. The second kappa shape index (κ2) is 7.84. The van der Waals surface area contributed by atoms with Gasteiger partial charge in [0.05, 0.1) is 12.5 Å². The number of aliphatic hydroxyl groups excluding tert-OH is 1. The minimum absolute atomic E-state index is 0.0391. The average Bonchev–Trinajstić information content (AvgIpc) is 3.00. The molecule has 1 aliphatic rings. The van der Waals surface area contributed by atoms with Crippen molar-refractivity contribution in [3.63, 3.8) is 0 Å². The monoisotopic (exact) mass is 393 g/mol. The molecule has 1 fully saturated rings. The van der Waals surface area contributed by atoms with Gasteiger partial charge < -0.3 is 14.4 Å². The number of nitrogens with zero attached hydrogens (tertiary/aromatic N) is 1.